The van der Waals surface area contributed by atoms with Crippen LogP contribution in [0, 0.1) is 0 Å². The Hall–Kier alpha value is -2.69. The molecule has 0 aliphatic carbocycles. The van der Waals surface area contributed by atoms with E-state index in [9.17, 15) is 9.59 Å². The molecular weight excluding hydrogens is 338 g/mol. The van der Waals surface area contributed by atoms with Crippen molar-refractivity contribution < 1.29 is 9.59 Å². The quantitative estimate of drug-likeness (QED) is 0.872. The molecule has 2 unspecified atom stereocenters. The Balaban J connectivity index is 1.72. The third-order valence-corrected chi connectivity index (χ3v) is 5.25. The van der Waals surface area contributed by atoms with E-state index in [1.54, 1.807) is 18.3 Å². The first-order valence-electron chi connectivity index (χ1n) is 9.73. The summed E-state index contributed by atoms with van der Waals surface area (Å²) in [6.07, 6.45) is 5.71. The maximum Gasteiger partial charge on any atom is 0.272 e. The molecule has 0 radical (unpaired) electrons. The molecule has 2 heterocycles. The van der Waals surface area contributed by atoms with Crippen LogP contribution in [0.1, 0.15) is 72.0 Å². The lowest BCUT2D eigenvalue weighted by Gasteiger charge is -2.35. The maximum atomic E-state index is 12.9. The average Bonchev–Trinajstić information content (AvgIpc) is 2.73. The number of hydrogen-bond acceptors (Lipinski definition) is 3. The van der Waals surface area contributed by atoms with E-state index >= 15 is 0 Å². The Morgan fingerprint density at radius 2 is 2.00 bits per heavy atom. The standard InChI is InChI=1S/C22H27N3O2/c1-3-19-11-7-8-14-25(19)22(27)20-15-18(12-13-23-20)21(26)24-16(2)17-9-5-4-6-10-17/h4-6,9-10,12-13,15-16,19H,3,7-8,11,14H2,1-2H3,(H,24,26). The van der Waals surface area contributed by atoms with Gasteiger partial charge in [0.15, 0.2) is 0 Å². The molecule has 5 nitrogen and oxygen atoms in total. The van der Waals surface area contributed by atoms with Crippen LogP contribution in [0.2, 0.25) is 0 Å². The van der Waals surface area contributed by atoms with Gasteiger partial charge in [-0.1, -0.05) is 37.3 Å². The molecule has 142 valence electrons. The van der Waals surface area contributed by atoms with Crippen LogP contribution >= 0.6 is 0 Å². The lowest BCUT2D eigenvalue weighted by atomic mass is 9.99. The molecule has 1 aromatic carbocycles. The number of nitrogens with zero attached hydrogens (tertiary/aromatic N) is 2. The van der Waals surface area contributed by atoms with Crippen LogP contribution in [0.15, 0.2) is 48.7 Å². The zero-order valence-corrected chi connectivity index (χ0v) is 16.0. The number of carbonyl (C=O) groups excluding carboxylic acids is 2. The molecule has 2 amide bonds. The summed E-state index contributed by atoms with van der Waals surface area (Å²) in [6, 6.07) is 13.2. The van der Waals surface area contributed by atoms with Crippen molar-refractivity contribution in [2.24, 2.45) is 0 Å². The fourth-order valence-electron chi connectivity index (χ4n) is 3.63. The first kappa shape index (κ1) is 19.1. The summed E-state index contributed by atoms with van der Waals surface area (Å²) in [5.74, 6) is -0.277. The van der Waals surface area contributed by atoms with Gasteiger partial charge in [-0.15, -0.1) is 0 Å². The Kier molecular flexibility index (Phi) is 6.22. The van der Waals surface area contributed by atoms with Gasteiger partial charge in [-0.05, 0) is 50.3 Å². The molecule has 1 aliphatic rings. The van der Waals surface area contributed by atoms with Crippen molar-refractivity contribution in [3.63, 3.8) is 0 Å². The van der Waals surface area contributed by atoms with Crippen molar-refractivity contribution in [2.75, 3.05) is 6.54 Å². The van der Waals surface area contributed by atoms with Gasteiger partial charge in [-0.2, -0.15) is 0 Å². The summed E-state index contributed by atoms with van der Waals surface area (Å²) in [4.78, 5) is 31.7. The predicted octanol–water partition coefficient (Wildman–Crippen LogP) is 3.98. The van der Waals surface area contributed by atoms with E-state index in [2.05, 4.69) is 17.2 Å². The summed E-state index contributed by atoms with van der Waals surface area (Å²) in [7, 11) is 0. The molecule has 0 spiro atoms. The maximum absolute atomic E-state index is 12.9. The zero-order valence-electron chi connectivity index (χ0n) is 16.0. The highest BCUT2D eigenvalue weighted by atomic mass is 16.2. The average molecular weight is 365 g/mol. The number of amides is 2. The minimum Gasteiger partial charge on any atom is -0.346 e. The Morgan fingerprint density at radius 3 is 2.74 bits per heavy atom. The predicted molar refractivity (Wildman–Crippen MR) is 106 cm³/mol. The molecule has 27 heavy (non-hydrogen) atoms. The smallest absolute Gasteiger partial charge is 0.272 e. The molecule has 2 aromatic rings. The number of benzene rings is 1. The molecule has 2 atom stereocenters. The third-order valence-electron chi connectivity index (χ3n) is 5.25. The van der Waals surface area contributed by atoms with Gasteiger partial charge < -0.3 is 10.2 Å². The van der Waals surface area contributed by atoms with E-state index in [0.717, 1.165) is 37.8 Å². The normalized spacial score (nSPS) is 18.0. The molecule has 1 aliphatic heterocycles. The fourth-order valence-corrected chi connectivity index (χ4v) is 3.63. The van der Waals surface area contributed by atoms with Gasteiger partial charge in [0.05, 0.1) is 6.04 Å². The van der Waals surface area contributed by atoms with Gasteiger partial charge in [-0.25, -0.2) is 0 Å². The van der Waals surface area contributed by atoms with Gasteiger partial charge in [0.1, 0.15) is 5.69 Å². The van der Waals surface area contributed by atoms with Crippen molar-refractivity contribution in [1.29, 1.82) is 0 Å². The van der Waals surface area contributed by atoms with E-state index in [4.69, 9.17) is 0 Å². The summed E-state index contributed by atoms with van der Waals surface area (Å²) >= 11 is 0. The van der Waals surface area contributed by atoms with Crippen molar-refractivity contribution >= 4 is 11.8 Å². The van der Waals surface area contributed by atoms with Gasteiger partial charge in [0, 0.05) is 24.3 Å². The van der Waals surface area contributed by atoms with E-state index in [1.807, 2.05) is 42.2 Å². The van der Waals surface area contributed by atoms with Crippen LogP contribution in [0.25, 0.3) is 0 Å². The van der Waals surface area contributed by atoms with Gasteiger partial charge in [0.2, 0.25) is 0 Å². The van der Waals surface area contributed by atoms with Crippen LogP contribution in [0.4, 0.5) is 0 Å². The van der Waals surface area contributed by atoms with E-state index in [0.29, 0.717) is 11.3 Å². The van der Waals surface area contributed by atoms with Gasteiger partial charge in [-0.3, -0.25) is 14.6 Å². The second-order valence-corrected chi connectivity index (χ2v) is 7.09. The van der Waals surface area contributed by atoms with Crippen molar-refractivity contribution in [3.05, 3.63) is 65.5 Å². The summed E-state index contributed by atoms with van der Waals surface area (Å²) < 4.78 is 0. The lowest BCUT2D eigenvalue weighted by molar-refractivity contribution is 0.0602. The molecule has 1 N–H and O–H groups in total. The zero-order chi connectivity index (χ0) is 19.2. The van der Waals surface area contributed by atoms with Gasteiger partial charge >= 0.3 is 0 Å². The molecular formula is C22H27N3O2. The van der Waals surface area contributed by atoms with Crippen LogP contribution < -0.4 is 5.32 Å². The minimum absolute atomic E-state index is 0.0766. The number of aromatic nitrogens is 1. The van der Waals surface area contributed by atoms with Crippen molar-refractivity contribution in [2.45, 2.75) is 51.6 Å². The van der Waals surface area contributed by atoms with Crippen LogP contribution in [0.3, 0.4) is 0 Å². The summed E-state index contributed by atoms with van der Waals surface area (Å²) in [6.45, 7) is 4.82. The Morgan fingerprint density at radius 1 is 1.22 bits per heavy atom. The third kappa shape index (κ3) is 4.54. The molecule has 1 aromatic heterocycles. The Bertz CT molecular complexity index is 791. The number of piperidine rings is 1. The highest BCUT2D eigenvalue weighted by molar-refractivity contribution is 5.98. The second kappa shape index (κ2) is 8.80. The van der Waals surface area contributed by atoms with Crippen LogP contribution in [-0.2, 0) is 0 Å². The minimum atomic E-state index is -0.200. The molecule has 0 saturated carbocycles. The molecule has 3 rings (SSSR count). The second-order valence-electron chi connectivity index (χ2n) is 7.09. The summed E-state index contributed by atoms with van der Waals surface area (Å²) in [5.41, 5.74) is 1.84. The number of rotatable bonds is 5. The summed E-state index contributed by atoms with van der Waals surface area (Å²) in [5, 5.41) is 2.99. The molecule has 0 bridgehead atoms. The number of hydrogen-bond donors (Lipinski definition) is 1. The lowest BCUT2D eigenvalue weighted by Crippen LogP contribution is -2.43. The van der Waals surface area contributed by atoms with Crippen molar-refractivity contribution in [1.82, 2.24) is 15.2 Å². The first-order chi connectivity index (χ1) is 13.1. The molecule has 5 heteroatoms. The monoisotopic (exact) mass is 365 g/mol. The molecule has 1 fully saturated rings. The topological polar surface area (TPSA) is 62.3 Å². The van der Waals surface area contributed by atoms with Crippen LogP contribution in [0.5, 0.6) is 0 Å². The van der Waals surface area contributed by atoms with Crippen molar-refractivity contribution in [3.8, 4) is 0 Å². The van der Waals surface area contributed by atoms with Crippen LogP contribution in [-0.4, -0.2) is 34.3 Å². The highest BCUT2D eigenvalue weighted by Gasteiger charge is 2.27. The van der Waals surface area contributed by atoms with Gasteiger partial charge in [0.25, 0.3) is 11.8 Å². The fraction of sp³-hybridized carbons (Fsp3) is 0.409. The highest BCUT2D eigenvalue weighted by Crippen LogP contribution is 2.21. The first-order valence-corrected chi connectivity index (χ1v) is 9.73. The Labute approximate surface area is 160 Å². The van der Waals surface area contributed by atoms with E-state index in [1.165, 1.54) is 0 Å². The number of nitrogens with one attached hydrogen (secondary N) is 1. The van der Waals surface area contributed by atoms with E-state index < -0.39 is 0 Å². The number of likely N-dealkylation sites (tertiary alicyclic amines) is 1. The van der Waals surface area contributed by atoms with E-state index in [-0.39, 0.29) is 23.9 Å². The number of carbonyl (C=O) groups is 2. The SMILES string of the molecule is CCC1CCCCN1C(=O)c1cc(C(=O)NC(C)c2ccccc2)ccn1. The largest absolute Gasteiger partial charge is 0.346 e. The number of pyridine rings is 1. The molecule has 1 saturated heterocycles.